The Morgan fingerprint density at radius 3 is 2.82 bits per heavy atom. The highest BCUT2D eigenvalue weighted by atomic mass is 35.5. The quantitative estimate of drug-likeness (QED) is 0.738. The highest BCUT2D eigenvalue weighted by Crippen LogP contribution is 2.34. The van der Waals surface area contributed by atoms with E-state index < -0.39 is 0 Å². The van der Waals surface area contributed by atoms with Crippen molar-refractivity contribution in [3.05, 3.63) is 29.8 Å². The van der Waals surface area contributed by atoms with Crippen molar-refractivity contribution >= 4 is 22.6 Å². The molecule has 0 amide bonds. The van der Waals surface area contributed by atoms with Gasteiger partial charge in [0.05, 0.1) is 16.9 Å². The molecule has 90 valence electrons. The van der Waals surface area contributed by atoms with Crippen molar-refractivity contribution in [2.24, 2.45) is 0 Å². The number of imidazole rings is 1. The van der Waals surface area contributed by atoms with E-state index in [1.165, 1.54) is 37.8 Å². The van der Waals surface area contributed by atoms with Crippen molar-refractivity contribution in [3.63, 3.8) is 0 Å². The monoisotopic (exact) mass is 252 g/mol. The van der Waals surface area contributed by atoms with Gasteiger partial charge >= 0.3 is 0 Å². The van der Waals surface area contributed by atoms with Crippen LogP contribution in [0.3, 0.4) is 0 Å². The van der Waals surface area contributed by atoms with E-state index in [2.05, 4.69) is 9.55 Å². The Labute approximate surface area is 104 Å². The maximum atomic E-state index is 13.2. The second kappa shape index (κ2) is 4.30. The van der Waals surface area contributed by atoms with Gasteiger partial charge < -0.3 is 4.57 Å². The Bertz CT molecular complexity index is 544. The predicted octanol–water partition coefficient (Wildman–Crippen LogP) is 4.03. The molecular weight excluding hydrogens is 239 g/mol. The van der Waals surface area contributed by atoms with Crippen LogP contribution >= 0.6 is 11.6 Å². The summed E-state index contributed by atoms with van der Waals surface area (Å²) in [5.74, 6) is 1.00. The molecule has 0 aliphatic heterocycles. The summed E-state index contributed by atoms with van der Waals surface area (Å²) in [4.78, 5) is 4.43. The van der Waals surface area contributed by atoms with Crippen molar-refractivity contribution in [2.45, 2.75) is 37.6 Å². The van der Waals surface area contributed by atoms with E-state index in [9.17, 15) is 4.39 Å². The fourth-order valence-electron chi connectivity index (χ4n) is 2.79. The minimum absolute atomic E-state index is 0.241. The Morgan fingerprint density at radius 1 is 1.35 bits per heavy atom. The van der Waals surface area contributed by atoms with E-state index in [0.29, 0.717) is 17.4 Å². The van der Waals surface area contributed by atoms with Crippen LogP contribution in [0, 0.1) is 5.82 Å². The SMILES string of the molecule is Fc1ccc2c(c1)nc(CCl)n2C1CCCC1. The van der Waals surface area contributed by atoms with Crippen LogP contribution in [0.4, 0.5) is 4.39 Å². The lowest BCUT2D eigenvalue weighted by molar-refractivity contribution is 0.518. The molecule has 0 atom stereocenters. The summed E-state index contributed by atoms with van der Waals surface area (Å²) in [7, 11) is 0. The molecule has 1 fully saturated rings. The lowest BCUT2D eigenvalue weighted by atomic mass is 10.2. The van der Waals surface area contributed by atoms with Crippen LogP contribution in [0.5, 0.6) is 0 Å². The van der Waals surface area contributed by atoms with Gasteiger partial charge in [-0.2, -0.15) is 0 Å². The standard InChI is InChI=1S/C13H14ClFN2/c14-8-13-16-11-7-9(15)5-6-12(11)17(13)10-3-1-2-4-10/h5-7,10H,1-4,8H2. The van der Waals surface area contributed by atoms with Crippen LogP contribution in [-0.2, 0) is 5.88 Å². The summed E-state index contributed by atoms with van der Waals surface area (Å²) in [6.07, 6.45) is 4.86. The van der Waals surface area contributed by atoms with Crippen molar-refractivity contribution in [1.82, 2.24) is 9.55 Å². The summed E-state index contributed by atoms with van der Waals surface area (Å²) >= 11 is 5.94. The van der Waals surface area contributed by atoms with Gasteiger partial charge in [-0.05, 0) is 25.0 Å². The van der Waals surface area contributed by atoms with E-state index in [4.69, 9.17) is 11.6 Å². The molecule has 3 rings (SSSR count). The number of hydrogen-bond donors (Lipinski definition) is 0. The summed E-state index contributed by atoms with van der Waals surface area (Å²) in [6, 6.07) is 5.27. The largest absolute Gasteiger partial charge is 0.324 e. The molecule has 0 unspecified atom stereocenters. The van der Waals surface area contributed by atoms with Crippen LogP contribution in [-0.4, -0.2) is 9.55 Å². The van der Waals surface area contributed by atoms with E-state index in [0.717, 1.165) is 11.3 Å². The molecule has 4 heteroatoms. The summed E-state index contributed by atoms with van der Waals surface area (Å²) in [6.45, 7) is 0. The van der Waals surface area contributed by atoms with Gasteiger partial charge in [0, 0.05) is 12.1 Å². The van der Waals surface area contributed by atoms with Crippen LogP contribution in [0.15, 0.2) is 18.2 Å². The molecule has 2 nitrogen and oxygen atoms in total. The lowest BCUT2D eigenvalue weighted by Crippen LogP contribution is -2.07. The molecule has 0 saturated heterocycles. The maximum Gasteiger partial charge on any atom is 0.125 e. The molecule has 1 aliphatic carbocycles. The van der Waals surface area contributed by atoms with Crippen molar-refractivity contribution < 1.29 is 4.39 Å². The maximum absolute atomic E-state index is 13.2. The molecule has 2 aromatic rings. The first kappa shape index (κ1) is 11.0. The van der Waals surface area contributed by atoms with Gasteiger partial charge in [-0.3, -0.25) is 0 Å². The molecule has 1 aromatic heterocycles. The second-order valence-corrected chi connectivity index (χ2v) is 4.87. The first-order chi connectivity index (χ1) is 8.29. The number of benzene rings is 1. The Kier molecular flexibility index (Phi) is 2.79. The normalized spacial score (nSPS) is 17.1. The topological polar surface area (TPSA) is 17.8 Å². The molecule has 0 spiro atoms. The van der Waals surface area contributed by atoms with Crippen molar-refractivity contribution in [3.8, 4) is 0 Å². The minimum atomic E-state index is -0.241. The molecular formula is C13H14ClFN2. The number of alkyl halides is 1. The van der Waals surface area contributed by atoms with E-state index >= 15 is 0 Å². The van der Waals surface area contributed by atoms with Gasteiger partial charge in [0.1, 0.15) is 11.6 Å². The molecule has 1 aliphatic rings. The van der Waals surface area contributed by atoms with Gasteiger partial charge in [0.2, 0.25) is 0 Å². The van der Waals surface area contributed by atoms with Crippen LogP contribution < -0.4 is 0 Å². The third kappa shape index (κ3) is 1.82. The summed E-state index contributed by atoms with van der Waals surface area (Å²) < 4.78 is 15.4. The second-order valence-electron chi connectivity index (χ2n) is 4.60. The van der Waals surface area contributed by atoms with Crippen molar-refractivity contribution in [1.29, 1.82) is 0 Å². The van der Waals surface area contributed by atoms with Gasteiger partial charge in [-0.25, -0.2) is 9.37 Å². The highest BCUT2D eigenvalue weighted by molar-refractivity contribution is 6.16. The first-order valence-electron chi connectivity index (χ1n) is 6.02. The number of halogens is 2. The fraction of sp³-hybridized carbons (Fsp3) is 0.462. The highest BCUT2D eigenvalue weighted by Gasteiger charge is 2.22. The fourth-order valence-corrected chi connectivity index (χ4v) is 2.97. The van der Waals surface area contributed by atoms with E-state index in [1.807, 2.05) is 6.07 Å². The average molecular weight is 253 g/mol. The zero-order valence-electron chi connectivity index (χ0n) is 9.50. The van der Waals surface area contributed by atoms with E-state index in [1.54, 1.807) is 0 Å². The van der Waals surface area contributed by atoms with Gasteiger partial charge in [-0.1, -0.05) is 12.8 Å². The molecule has 0 bridgehead atoms. The Hall–Kier alpha value is -1.09. The lowest BCUT2D eigenvalue weighted by Gasteiger charge is -2.15. The smallest absolute Gasteiger partial charge is 0.125 e. The Morgan fingerprint density at radius 2 is 2.12 bits per heavy atom. The minimum Gasteiger partial charge on any atom is -0.324 e. The molecule has 1 aromatic carbocycles. The van der Waals surface area contributed by atoms with E-state index in [-0.39, 0.29) is 5.82 Å². The summed E-state index contributed by atoms with van der Waals surface area (Å²) in [5, 5.41) is 0. The van der Waals surface area contributed by atoms with Gasteiger partial charge in [0.15, 0.2) is 0 Å². The number of aromatic nitrogens is 2. The summed E-state index contributed by atoms with van der Waals surface area (Å²) in [5.41, 5.74) is 1.72. The zero-order valence-corrected chi connectivity index (χ0v) is 10.3. The zero-order chi connectivity index (χ0) is 11.8. The van der Waals surface area contributed by atoms with Gasteiger partial charge in [-0.15, -0.1) is 11.6 Å². The van der Waals surface area contributed by atoms with Crippen LogP contribution in [0.2, 0.25) is 0 Å². The number of nitrogens with zero attached hydrogens (tertiary/aromatic N) is 2. The number of hydrogen-bond acceptors (Lipinski definition) is 1. The van der Waals surface area contributed by atoms with Crippen LogP contribution in [0.1, 0.15) is 37.5 Å². The van der Waals surface area contributed by atoms with Crippen molar-refractivity contribution in [2.75, 3.05) is 0 Å². The molecule has 1 saturated carbocycles. The third-order valence-corrected chi connectivity index (χ3v) is 3.77. The molecule has 0 N–H and O–H groups in total. The number of rotatable bonds is 2. The molecule has 17 heavy (non-hydrogen) atoms. The van der Waals surface area contributed by atoms with Crippen LogP contribution in [0.25, 0.3) is 11.0 Å². The molecule has 0 radical (unpaired) electrons. The molecule has 1 heterocycles. The number of fused-ring (bicyclic) bond motifs is 1. The van der Waals surface area contributed by atoms with Gasteiger partial charge in [0.25, 0.3) is 0 Å². The average Bonchev–Trinajstić information content (AvgIpc) is 2.93. The first-order valence-corrected chi connectivity index (χ1v) is 6.55. The predicted molar refractivity (Wildman–Crippen MR) is 66.8 cm³/mol. The third-order valence-electron chi connectivity index (χ3n) is 3.53. The Balaban J connectivity index is 2.19.